The molecule has 0 aliphatic heterocycles. The second kappa shape index (κ2) is 6.07. The van der Waals surface area contributed by atoms with Crippen LogP contribution in [0.2, 0.25) is 5.02 Å². The third-order valence-electron chi connectivity index (χ3n) is 1.72. The lowest BCUT2D eigenvalue weighted by atomic mass is 10.3. The largest absolute Gasteiger partial charge is 0.506 e. The molecule has 0 fully saturated rings. The number of benzene rings is 1. The van der Waals surface area contributed by atoms with Gasteiger partial charge in [-0.1, -0.05) is 11.6 Å². The predicted molar refractivity (Wildman–Crippen MR) is 59.8 cm³/mol. The zero-order valence-corrected chi connectivity index (χ0v) is 9.40. The SMILES string of the molecule is O=C(Nc1cc(Cl)ccc1O)C(=O)OCCO. The third-order valence-corrected chi connectivity index (χ3v) is 1.95. The summed E-state index contributed by atoms with van der Waals surface area (Å²) in [5.41, 5.74) is 0.00319. The number of aliphatic hydroxyl groups excluding tert-OH is 1. The lowest BCUT2D eigenvalue weighted by molar-refractivity contribution is -0.153. The molecule has 3 N–H and O–H groups in total. The maximum atomic E-state index is 11.3. The number of aliphatic hydroxyl groups is 1. The van der Waals surface area contributed by atoms with Gasteiger partial charge in [0.1, 0.15) is 12.4 Å². The van der Waals surface area contributed by atoms with Crippen LogP contribution in [0.1, 0.15) is 0 Å². The van der Waals surface area contributed by atoms with Crippen molar-refractivity contribution in [1.82, 2.24) is 0 Å². The van der Waals surface area contributed by atoms with Gasteiger partial charge in [-0.25, -0.2) is 4.79 Å². The maximum Gasteiger partial charge on any atom is 0.397 e. The van der Waals surface area contributed by atoms with Gasteiger partial charge in [0.15, 0.2) is 0 Å². The molecule has 0 aromatic heterocycles. The Hall–Kier alpha value is -1.79. The number of anilines is 1. The van der Waals surface area contributed by atoms with Gasteiger partial charge < -0.3 is 20.3 Å². The standard InChI is InChI=1S/C10H10ClNO5/c11-6-1-2-8(14)7(5-6)12-9(15)10(16)17-4-3-13/h1-2,5,13-14H,3-4H2,(H,12,15). The Bertz CT molecular complexity index is 435. The molecule has 7 heteroatoms. The van der Waals surface area contributed by atoms with Crippen LogP contribution in [-0.2, 0) is 14.3 Å². The third kappa shape index (κ3) is 3.93. The Morgan fingerprint density at radius 2 is 2.12 bits per heavy atom. The molecule has 0 aliphatic carbocycles. The minimum Gasteiger partial charge on any atom is -0.506 e. The first-order chi connectivity index (χ1) is 8.04. The number of phenols is 1. The number of nitrogens with one attached hydrogen (secondary N) is 1. The molecule has 0 saturated heterocycles. The van der Waals surface area contributed by atoms with Crippen molar-refractivity contribution >= 4 is 29.2 Å². The number of amides is 1. The zero-order chi connectivity index (χ0) is 12.8. The van der Waals surface area contributed by atoms with Crippen molar-refractivity contribution in [2.75, 3.05) is 18.5 Å². The molecule has 0 atom stereocenters. The molecule has 1 amide bonds. The number of halogens is 1. The van der Waals surface area contributed by atoms with E-state index in [9.17, 15) is 14.7 Å². The highest BCUT2D eigenvalue weighted by Gasteiger charge is 2.16. The summed E-state index contributed by atoms with van der Waals surface area (Å²) in [5, 5.41) is 20.2. The number of ether oxygens (including phenoxy) is 1. The van der Waals surface area contributed by atoms with Crippen molar-refractivity contribution in [3.05, 3.63) is 23.2 Å². The minimum atomic E-state index is -1.15. The maximum absolute atomic E-state index is 11.3. The minimum absolute atomic E-state index is 0.00319. The average Bonchev–Trinajstić information content (AvgIpc) is 2.30. The number of carbonyl (C=O) groups excluding carboxylic acids is 2. The summed E-state index contributed by atoms with van der Waals surface area (Å²) in [7, 11) is 0. The van der Waals surface area contributed by atoms with Gasteiger partial charge in [-0.15, -0.1) is 0 Å². The first-order valence-electron chi connectivity index (χ1n) is 4.62. The van der Waals surface area contributed by atoms with Gasteiger partial charge in [-0.2, -0.15) is 0 Å². The van der Waals surface area contributed by atoms with E-state index >= 15 is 0 Å². The second-order valence-electron chi connectivity index (χ2n) is 2.98. The van der Waals surface area contributed by atoms with Gasteiger partial charge in [-0.05, 0) is 18.2 Å². The van der Waals surface area contributed by atoms with E-state index in [1.165, 1.54) is 18.2 Å². The Kier molecular flexibility index (Phi) is 4.74. The van der Waals surface area contributed by atoms with Crippen LogP contribution < -0.4 is 5.32 Å². The quantitative estimate of drug-likeness (QED) is 0.418. The number of hydrogen-bond donors (Lipinski definition) is 3. The summed E-state index contributed by atoms with van der Waals surface area (Å²) < 4.78 is 4.38. The zero-order valence-electron chi connectivity index (χ0n) is 8.64. The van der Waals surface area contributed by atoms with Crippen molar-refractivity contribution in [3.63, 3.8) is 0 Å². The summed E-state index contributed by atoms with van der Waals surface area (Å²) >= 11 is 5.65. The number of phenolic OH excluding ortho intramolecular Hbond substituents is 1. The summed E-state index contributed by atoms with van der Waals surface area (Å²) in [5.74, 6) is -2.44. The second-order valence-corrected chi connectivity index (χ2v) is 3.41. The predicted octanol–water partition coefficient (Wildman–Crippen LogP) is 0.520. The Labute approximate surface area is 102 Å². The van der Waals surface area contributed by atoms with Crippen LogP contribution in [-0.4, -0.2) is 35.3 Å². The number of carbonyl (C=O) groups is 2. The fourth-order valence-electron chi connectivity index (χ4n) is 0.986. The molecule has 0 aliphatic rings. The molecule has 0 saturated carbocycles. The van der Waals surface area contributed by atoms with Gasteiger partial charge in [0.2, 0.25) is 0 Å². The van der Waals surface area contributed by atoms with Crippen molar-refractivity contribution in [3.8, 4) is 5.75 Å². The Morgan fingerprint density at radius 3 is 2.76 bits per heavy atom. The van der Waals surface area contributed by atoms with E-state index < -0.39 is 11.9 Å². The van der Waals surface area contributed by atoms with Crippen LogP contribution in [0.3, 0.4) is 0 Å². The molecule has 0 spiro atoms. The van der Waals surface area contributed by atoms with Gasteiger partial charge in [-0.3, -0.25) is 4.79 Å². The van der Waals surface area contributed by atoms with Gasteiger partial charge in [0.25, 0.3) is 0 Å². The smallest absolute Gasteiger partial charge is 0.397 e. The number of hydrogen-bond acceptors (Lipinski definition) is 5. The molecule has 17 heavy (non-hydrogen) atoms. The first-order valence-corrected chi connectivity index (χ1v) is 5.00. The molecule has 0 unspecified atom stereocenters. The molecular formula is C10H10ClNO5. The molecule has 92 valence electrons. The fourth-order valence-corrected chi connectivity index (χ4v) is 1.16. The molecular weight excluding hydrogens is 250 g/mol. The van der Waals surface area contributed by atoms with Gasteiger partial charge in [0, 0.05) is 5.02 Å². The molecule has 0 heterocycles. The van der Waals surface area contributed by atoms with E-state index in [0.717, 1.165) is 0 Å². The van der Waals surface area contributed by atoms with Crippen LogP contribution in [0.4, 0.5) is 5.69 Å². The van der Waals surface area contributed by atoms with Crippen molar-refractivity contribution in [2.45, 2.75) is 0 Å². The van der Waals surface area contributed by atoms with Crippen LogP contribution in [0, 0.1) is 0 Å². The van der Waals surface area contributed by atoms with Crippen LogP contribution in [0.25, 0.3) is 0 Å². The molecule has 6 nitrogen and oxygen atoms in total. The van der Waals surface area contributed by atoms with E-state index in [1.807, 2.05) is 0 Å². The number of aromatic hydroxyl groups is 1. The summed E-state index contributed by atoms with van der Waals surface area (Å²) in [6.07, 6.45) is 0. The van der Waals surface area contributed by atoms with E-state index in [2.05, 4.69) is 10.1 Å². The van der Waals surface area contributed by atoms with Crippen LogP contribution in [0.15, 0.2) is 18.2 Å². The monoisotopic (exact) mass is 259 g/mol. The average molecular weight is 260 g/mol. The van der Waals surface area contributed by atoms with Gasteiger partial charge >= 0.3 is 11.9 Å². The number of esters is 1. The van der Waals surface area contributed by atoms with E-state index in [4.69, 9.17) is 16.7 Å². The van der Waals surface area contributed by atoms with Crippen molar-refractivity contribution in [2.24, 2.45) is 0 Å². The first kappa shape index (κ1) is 13.3. The highest BCUT2D eigenvalue weighted by molar-refractivity contribution is 6.37. The number of rotatable bonds is 3. The summed E-state index contributed by atoms with van der Waals surface area (Å²) in [6, 6.07) is 3.99. The lowest BCUT2D eigenvalue weighted by Gasteiger charge is -2.07. The summed E-state index contributed by atoms with van der Waals surface area (Å²) in [4.78, 5) is 22.3. The highest BCUT2D eigenvalue weighted by atomic mass is 35.5. The Morgan fingerprint density at radius 1 is 1.41 bits per heavy atom. The van der Waals surface area contributed by atoms with Crippen molar-refractivity contribution < 1.29 is 24.5 Å². The Balaban J connectivity index is 2.67. The molecule has 1 rings (SSSR count). The van der Waals surface area contributed by atoms with Crippen LogP contribution in [0.5, 0.6) is 5.75 Å². The summed E-state index contributed by atoms with van der Waals surface area (Å²) in [6.45, 7) is -0.644. The topological polar surface area (TPSA) is 95.9 Å². The van der Waals surface area contributed by atoms with E-state index in [0.29, 0.717) is 5.02 Å². The molecule has 1 aromatic carbocycles. The highest BCUT2D eigenvalue weighted by Crippen LogP contribution is 2.26. The fraction of sp³-hybridized carbons (Fsp3) is 0.200. The van der Waals surface area contributed by atoms with Gasteiger partial charge in [0.05, 0.1) is 12.3 Å². The lowest BCUT2D eigenvalue weighted by Crippen LogP contribution is -2.26. The van der Waals surface area contributed by atoms with E-state index in [-0.39, 0.29) is 24.7 Å². The van der Waals surface area contributed by atoms with E-state index in [1.54, 1.807) is 0 Å². The normalized spacial score (nSPS) is 9.76. The molecule has 0 bridgehead atoms. The molecule has 1 aromatic rings. The van der Waals surface area contributed by atoms with Crippen LogP contribution >= 0.6 is 11.6 Å². The molecule has 0 radical (unpaired) electrons. The van der Waals surface area contributed by atoms with Crippen molar-refractivity contribution in [1.29, 1.82) is 0 Å².